The molecular formula is C15H21N3O. The molecule has 0 aliphatic rings. The fraction of sp³-hybridized carbons (Fsp3) is 0.467. The van der Waals surface area contributed by atoms with Crippen molar-refractivity contribution in [1.29, 1.82) is 0 Å². The number of hydrogen-bond acceptors (Lipinski definition) is 2. The van der Waals surface area contributed by atoms with Crippen LogP contribution < -0.4 is 0 Å². The number of aromatic nitrogens is 2. The van der Waals surface area contributed by atoms with Crippen molar-refractivity contribution >= 4 is 11.6 Å². The number of fused-ring (bicyclic) bond motifs is 1. The predicted octanol–water partition coefficient (Wildman–Crippen LogP) is 2.82. The van der Waals surface area contributed by atoms with Gasteiger partial charge in [-0.2, -0.15) is 0 Å². The van der Waals surface area contributed by atoms with E-state index in [0.717, 1.165) is 36.3 Å². The molecule has 2 heterocycles. The number of hydrogen-bond donors (Lipinski definition) is 0. The molecule has 0 saturated carbocycles. The fourth-order valence-corrected chi connectivity index (χ4v) is 2.20. The van der Waals surface area contributed by atoms with Crippen LogP contribution >= 0.6 is 0 Å². The lowest BCUT2D eigenvalue weighted by Crippen LogP contribution is -2.29. The van der Waals surface area contributed by atoms with Gasteiger partial charge in [-0.3, -0.25) is 9.20 Å². The molecule has 1 amide bonds. The SMILES string of the molecule is CCCCN(C)C(=O)c1c(C)nc2ccc(C)cn12. The Balaban J connectivity index is 2.41. The highest BCUT2D eigenvalue weighted by atomic mass is 16.2. The molecule has 0 fully saturated rings. The number of aryl methyl sites for hydroxylation is 2. The van der Waals surface area contributed by atoms with Gasteiger partial charge < -0.3 is 4.90 Å². The van der Waals surface area contributed by atoms with E-state index in [9.17, 15) is 4.79 Å². The monoisotopic (exact) mass is 259 g/mol. The molecular weight excluding hydrogens is 238 g/mol. The number of amides is 1. The largest absolute Gasteiger partial charge is 0.340 e. The van der Waals surface area contributed by atoms with Gasteiger partial charge in [0.15, 0.2) is 0 Å². The third-order valence-electron chi connectivity index (χ3n) is 3.34. The molecule has 0 bridgehead atoms. The van der Waals surface area contributed by atoms with Crippen molar-refractivity contribution in [2.45, 2.75) is 33.6 Å². The minimum Gasteiger partial charge on any atom is -0.340 e. The maximum absolute atomic E-state index is 12.5. The first-order chi connectivity index (χ1) is 9.04. The van der Waals surface area contributed by atoms with E-state index >= 15 is 0 Å². The second-order valence-corrected chi connectivity index (χ2v) is 5.06. The van der Waals surface area contributed by atoms with Gasteiger partial charge in [0.2, 0.25) is 0 Å². The molecule has 0 spiro atoms. The summed E-state index contributed by atoms with van der Waals surface area (Å²) in [6.45, 7) is 6.82. The smallest absolute Gasteiger partial charge is 0.272 e. The van der Waals surface area contributed by atoms with E-state index in [4.69, 9.17) is 0 Å². The van der Waals surface area contributed by atoms with Gasteiger partial charge in [-0.15, -0.1) is 0 Å². The van der Waals surface area contributed by atoms with E-state index in [2.05, 4.69) is 11.9 Å². The van der Waals surface area contributed by atoms with Crippen LogP contribution in [0.25, 0.3) is 5.65 Å². The maximum atomic E-state index is 12.5. The van der Waals surface area contributed by atoms with Crippen LogP contribution in [0.2, 0.25) is 0 Å². The zero-order valence-corrected chi connectivity index (χ0v) is 12.1. The van der Waals surface area contributed by atoms with Crippen LogP contribution in [0.5, 0.6) is 0 Å². The maximum Gasteiger partial charge on any atom is 0.272 e. The highest BCUT2D eigenvalue weighted by molar-refractivity contribution is 5.94. The third-order valence-corrected chi connectivity index (χ3v) is 3.34. The van der Waals surface area contributed by atoms with Gasteiger partial charge in [-0.05, 0) is 31.9 Å². The molecule has 102 valence electrons. The minimum absolute atomic E-state index is 0.0454. The molecule has 0 aliphatic carbocycles. The van der Waals surface area contributed by atoms with E-state index in [-0.39, 0.29) is 5.91 Å². The summed E-state index contributed by atoms with van der Waals surface area (Å²) in [5.41, 5.74) is 3.42. The summed E-state index contributed by atoms with van der Waals surface area (Å²) in [5, 5.41) is 0. The van der Waals surface area contributed by atoms with Gasteiger partial charge in [0.25, 0.3) is 5.91 Å². The minimum atomic E-state index is 0.0454. The van der Waals surface area contributed by atoms with Gasteiger partial charge in [0.1, 0.15) is 11.3 Å². The summed E-state index contributed by atoms with van der Waals surface area (Å²) in [4.78, 5) is 18.8. The second-order valence-electron chi connectivity index (χ2n) is 5.06. The zero-order valence-electron chi connectivity index (χ0n) is 12.1. The van der Waals surface area contributed by atoms with Crippen LogP contribution in [-0.2, 0) is 0 Å². The Hall–Kier alpha value is -1.84. The molecule has 0 atom stereocenters. The van der Waals surface area contributed by atoms with Gasteiger partial charge in [-0.25, -0.2) is 4.98 Å². The lowest BCUT2D eigenvalue weighted by molar-refractivity contribution is 0.0785. The standard InChI is InChI=1S/C15H21N3O/c1-5-6-9-17(4)15(19)14-12(3)16-13-8-7-11(2)10-18(13)14/h7-8,10H,5-6,9H2,1-4H3. The van der Waals surface area contributed by atoms with Crippen molar-refractivity contribution in [2.24, 2.45) is 0 Å². The van der Waals surface area contributed by atoms with Gasteiger partial charge in [0, 0.05) is 19.8 Å². The van der Waals surface area contributed by atoms with E-state index in [1.54, 1.807) is 4.90 Å². The summed E-state index contributed by atoms with van der Waals surface area (Å²) in [5.74, 6) is 0.0454. The zero-order chi connectivity index (χ0) is 14.0. The first kappa shape index (κ1) is 13.6. The van der Waals surface area contributed by atoms with Gasteiger partial charge >= 0.3 is 0 Å². The molecule has 0 radical (unpaired) electrons. The van der Waals surface area contributed by atoms with Crippen molar-refractivity contribution in [2.75, 3.05) is 13.6 Å². The lowest BCUT2D eigenvalue weighted by atomic mass is 10.2. The first-order valence-electron chi connectivity index (χ1n) is 6.75. The normalized spacial score (nSPS) is 10.9. The molecule has 0 aliphatic heterocycles. The molecule has 0 saturated heterocycles. The number of unbranched alkanes of at least 4 members (excludes halogenated alkanes) is 1. The van der Waals surface area contributed by atoms with Crippen molar-refractivity contribution < 1.29 is 4.79 Å². The van der Waals surface area contributed by atoms with Gasteiger partial charge in [0.05, 0.1) is 5.69 Å². The summed E-state index contributed by atoms with van der Waals surface area (Å²) in [6.07, 6.45) is 4.08. The Kier molecular flexibility index (Phi) is 3.88. The van der Waals surface area contributed by atoms with Crippen molar-refractivity contribution in [3.05, 3.63) is 35.3 Å². The second kappa shape index (κ2) is 5.43. The molecule has 2 aromatic rings. The van der Waals surface area contributed by atoms with Crippen molar-refractivity contribution in [3.8, 4) is 0 Å². The third kappa shape index (κ3) is 2.62. The highest BCUT2D eigenvalue weighted by Crippen LogP contribution is 2.15. The van der Waals surface area contributed by atoms with Crippen molar-refractivity contribution in [1.82, 2.24) is 14.3 Å². The number of carbonyl (C=O) groups excluding carboxylic acids is 1. The van der Waals surface area contributed by atoms with E-state index in [0.29, 0.717) is 5.69 Å². The highest BCUT2D eigenvalue weighted by Gasteiger charge is 2.19. The number of carbonyl (C=O) groups is 1. The quantitative estimate of drug-likeness (QED) is 0.846. The fourth-order valence-electron chi connectivity index (χ4n) is 2.20. The number of imidazole rings is 1. The Labute approximate surface area is 114 Å². The average Bonchev–Trinajstić information content (AvgIpc) is 2.70. The first-order valence-corrected chi connectivity index (χ1v) is 6.75. The molecule has 2 rings (SSSR count). The van der Waals surface area contributed by atoms with Crippen LogP contribution in [0.15, 0.2) is 18.3 Å². The summed E-state index contributed by atoms with van der Waals surface area (Å²) >= 11 is 0. The molecule has 0 aromatic carbocycles. The Morgan fingerprint density at radius 2 is 2.11 bits per heavy atom. The average molecular weight is 259 g/mol. The topological polar surface area (TPSA) is 37.6 Å². The number of nitrogens with zero attached hydrogens (tertiary/aromatic N) is 3. The predicted molar refractivity (Wildman–Crippen MR) is 76.5 cm³/mol. The Morgan fingerprint density at radius 3 is 2.79 bits per heavy atom. The van der Waals surface area contributed by atoms with Crippen molar-refractivity contribution in [3.63, 3.8) is 0 Å². The van der Waals surface area contributed by atoms with Crippen LogP contribution in [0.4, 0.5) is 0 Å². The van der Waals surface area contributed by atoms with Crippen LogP contribution in [0.3, 0.4) is 0 Å². The van der Waals surface area contributed by atoms with Crippen LogP contribution in [0, 0.1) is 13.8 Å². The molecule has 4 heteroatoms. The van der Waals surface area contributed by atoms with E-state index in [1.165, 1.54) is 0 Å². The molecule has 0 N–H and O–H groups in total. The molecule has 19 heavy (non-hydrogen) atoms. The molecule has 4 nitrogen and oxygen atoms in total. The van der Waals surface area contributed by atoms with E-state index < -0.39 is 0 Å². The Morgan fingerprint density at radius 1 is 1.37 bits per heavy atom. The molecule has 2 aromatic heterocycles. The van der Waals surface area contributed by atoms with Crippen LogP contribution in [0.1, 0.15) is 41.5 Å². The summed E-state index contributed by atoms with van der Waals surface area (Å²) < 4.78 is 1.90. The lowest BCUT2D eigenvalue weighted by Gasteiger charge is -2.16. The number of rotatable bonds is 4. The van der Waals surface area contributed by atoms with E-state index in [1.807, 2.05) is 43.6 Å². The number of pyridine rings is 1. The van der Waals surface area contributed by atoms with Crippen LogP contribution in [-0.4, -0.2) is 33.8 Å². The summed E-state index contributed by atoms with van der Waals surface area (Å²) in [7, 11) is 1.85. The van der Waals surface area contributed by atoms with Gasteiger partial charge in [-0.1, -0.05) is 19.4 Å². The molecule has 0 unspecified atom stereocenters. The summed E-state index contributed by atoms with van der Waals surface area (Å²) in [6, 6.07) is 3.96. The Bertz CT molecular complexity index is 601.